The zero-order valence-corrected chi connectivity index (χ0v) is 17.6. The van der Waals surface area contributed by atoms with Crippen LogP contribution in [-0.4, -0.2) is 16.9 Å². The monoisotopic (exact) mass is 376 g/mol. The zero-order chi connectivity index (χ0) is 20.4. The van der Waals surface area contributed by atoms with Crippen LogP contribution in [0.1, 0.15) is 95.9 Å². The first-order valence-electron chi connectivity index (χ1n) is 10.2. The summed E-state index contributed by atoms with van der Waals surface area (Å²) in [5.74, 6) is 1.57. The number of rotatable bonds is 13. The molecular formula is C23H36O4. The number of Topliss-reactive ketones (excluding diaryl/α,β-unsaturated/α-hetero) is 1. The summed E-state index contributed by atoms with van der Waals surface area (Å²) >= 11 is 0. The van der Waals surface area contributed by atoms with Gasteiger partial charge in [-0.25, -0.2) is 4.79 Å². The molecule has 1 rings (SSSR count). The molecule has 2 unspecified atom stereocenters. The van der Waals surface area contributed by atoms with Crippen molar-refractivity contribution >= 4 is 17.8 Å². The first-order valence-corrected chi connectivity index (χ1v) is 10.2. The Hall–Kier alpha value is -1.84. The first kappa shape index (κ1) is 23.2. The van der Waals surface area contributed by atoms with Gasteiger partial charge in [0.05, 0.1) is 0 Å². The van der Waals surface area contributed by atoms with Gasteiger partial charge in [0, 0.05) is 12.0 Å². The molecular weight excluding hydrogens is 340 g/mol. The number of aliphatic carboxylic acids is 1. The summed E-state index contributed by atoms with van der Waals surface area (Å²) in [7, 11) is 0. The maximum Gasteiger partial charge on any atom is 0.331 e. The van der Waals surface area contributed by atoms with E-state index < -0.39 is 5.97 Å². The van der Waals surface area contributed by atoms with E-state index in [0.29, 0.717) is 23.9 Å². The zero-order valence-electron chi connectivity index (χ0n) is 17.6. The summed E-state index contributed by atoms with van der Waals surface area (Å²) in [6, 6.07) is 3.27. The van der Waals surface area contributed by atoms with E-state index in [1.54, 1.807) is 12.1 Å². The Labute approximate surface area is 164 Å². The molecule has 4 nitrogen and oxygen atoms in total. The molecule has 0 radical (unpaired) electrons. The van der Waals surface area contributed by atoms with E-state index in [0.717, 1.165) is 24.7 Å². The molecule has 1 aromatic heterocycles. The number of carboxylic acid groups (broad SMARTS) is 1. The summed E-state index contributed by atoms with van der Waals surface area (Å²) in [5, 5.41) is 8.89. The Balaban J connectivity index is 2.35. The van der Waals surface area contributed by atoms with E-state index in [1.165, 1.54) is 38.7 Å². The van der Waals surface area contributed by atoms with Gasteiger partial charge in [-0.05, 0) is 42.9 Å². The van der Waals surface area contributed by atoms with Crippen molar-refractivity contribution in [2.75, 3.05) is 0 Å². The largest absolute Gasteiger partial charge is 0.478 e. The minimum absolute atomic E-state index is 0.0138. The van der Waals surface area contributed by atoms with Crippen molar-refractivity contribution in [3.05, 3.63) is 29.2 Å². The Bertz CT molecular complexity index is 624. The highest BCUT2D eigenvalue weighted by atomic mass is 16.4. The number of carbonyl (C=O) groups excluding carboxylic acids is 1. The molecule has 0 aliphatic carbocycles. The Kier molecular flexibility index (Phi) is 10.1. The SMILES string of the molecule is C/C(=C\c1ccc(C(=O)CC(C)CCCC(C)CCCC(C)C)o1)C(=O)O. The number of carbonyl (C=O) groups is 2. The second kappa shape index (κ2) is 11.8. The van der Waals surface area contributed by atoms with Crippen molar-refractivity contribution in [3.8, 4) is 0 Å². The van der Waals surface area contributed by atoms with Crippen molar-refractivity contribution < 1.29 is 19.1 Å². The lowest BCUT2D eigenvalue weighted by Gasteiger charge is -2.14. The van der Waals surface area contributed by atoms with Gasteiger partial charge in [-0.3, -0.25) is 4.79 Å². The normalized spacial score (nSPS) is 14.4. The Morgan fingerprint density at radius 2 is 1.59 bits per heavy atom. The third kappa shape index (κ3) is 9.60. The van der Waals surface area contributed by atoms with Crippen LogP contribution in [0.5, 0.6) is 0 Å². The molecule has 1 N–H and O–H groups in total. The van der Waals surface area contributed by atoms with Gasteiger partial charge in [0.15, 0.2) is 11.5 Å². The van der Waals surface area contributed by atoms with Gasteiger partial charge in [0.1, 0.15) is 5.76 Å². The molecule has 0 saturated carbocycles. The van der Waals surface area contributed by atoms with Crippen LogP contribution in [-0.2, 0) is 4.79 Å². The molecule has 0 saturated heterocycles. The van der Waals surface area contributed by atoms with Gasteiger partial charge in [0.2, 0.25) is 0 Å². The maximum absolute atomic E-state index is 12.4. The van der Waals surface area contributed by atoms with Crippen LogP contribution < -0.4 is 0 Å². The molecule has 0 amide bonds. The fraction of sp³-hybridized carbons (Fsp3) is 0.652. The number of hydrogen-bond acceptors (Lipinski definition) is 3. The fourth-order valence-electron chi connectivity index (χ4n) is 3.21. The Morgan fingerprint density at radius 1 is 1.00 bits per heavy atom. The highest BCUT2D eigenvalue weighted by molar-refractivity contribution is 5.94. The summed E-state index contributed by atoms with van der Waals surface area (Å²) < 4.78 is 5.48. The van der Waals surface area contributed by atoms with Crippen molar-refractivity contribution in [3.63, 3.8) is 0 Å². The molecule has 1 aromatic rings. The molecule has 152 valence electrons. The van der Waals surface area contributed by atoms with Crippen molar-refractivity contribution in [1.29, 1.82) is 0 Å². The third-order valence-electron chi connectivity index (χ3n) is 5.00. The van der Waals surface area contributed by atoms with Crippen LogP contribution in [0.25, 0.3) is 6.08 Å². The lowest BCUT2D eigenvalue weighted by molar-refractivity contribution is -0.132. The molecule has 4 heteroatoms. The number of furan rings is 1. The minimum Gasteiger partial charge on any atom is -0.478 e. The number of hydrogen-bond donors (Lipinski definition) is 1. The summed E-state index contributed by atoms with van der Waals surface area (Å²) in [6.07, 6.45) is 9.24. The molecule has 1 heterocycles. The van der Waals surface area contributed by atoms with Gasteiger partial charge in [-0.15, -0.1) is 0 Å². The van der Waals surface area contributed by atoms with E-state index in [9.17, 15) is 9.59 Å². The van der Waals surface area contributed by atoms with Crippen molar-refractivity contribution in [1.82, 2.24) is 0 Å². The number of carboxylic acids is 1. The van der Waals surface area contributed by atoms with Crippen molar-refractivity contribution in [2.24, 2.45) is 17.8 Å². The van der Waals surface area contributed by atoms with Gasteiger partial charge >= 0.3 is 5.97 Å². The second-order valence-electron chi connectivity index (χ2n) is 8.43. The highest BCUT2D eigenvalue weighted by Crippen LogP contribution is 2.22. The number of ketones is 1. The van der Waals surface area contributed by atoms with E-state index in [4.69, 9.17) is 9.52 Å². The summed E-state index contributed by atoms with van der Waals surface area (Å²) in [6.45, 7) is 10.5. The van der Waals surface area contributed by atoms with E-state index >= 15 is 0 Å². The fourth-order valence-corrected chi connectivity index (χ4v) is 3.21. The van der Waals surface area contributed by atoms with Gasteiger partial charge in [-0.1, -0.05) is 66.2 Å². The molecule has 0 fully saturated rings. The highest BCUT2D eigenvalue weighted by Gasteiger charge is 2.15. The minimum atomic E-state index is -0.994. The quantitative estimate of drug-likeness (QED) is 0.311. The molecule has 0 aliphatic rings. The predicted octanol–water partition coefficient (Wildman–Crippen LogP) is 6.61. The van der Waals surface area contributed by atoms with E-state index in [2.05, 4.69) is 27.7 Å². The maximum atomic E-state index is 12.4. The van der Waals surface area contributed by atoms with Gasteiger partial charge in [-0.2, -0.15) is 0 Å². The van der Waals surface area contributed by atoms with Crippen molar-refractivity contribution in [2.45, 2.75) is 79.6 Å². The average Bonchev–Trinajstić information content (AvgIpc) is 3.03. The Morgan fingerprint density at radius 3 is 2.19 bits per heavy atom. The summed E-state index contributed by atoms with van der Waals surface area (Å²) in [5.41, 5.74) is 0.180. The van der Waals surface area contributed by atoms with E-state index in [-0.39, 0.29) is 11.4 Å². The standard InChI is InChI=1S/C23H36O4/c1-16(2)8-6-9-17(3)10-7-11-18(4)14-21(24)22-13-12-20(27-22)15-19(5)23(25)26/h12-13,15-18H,6-11,14H2,1-5H3,(H,25,26)/b19-15+. The molecule has 27 heavy (non-hydrogen) atoms. The van der Waals surface area contributed by atoms with Crippen LogP contribution in [0.3, 0.4) is 0 Å². The molecule has 0 spiro atoms. The second-order valence-corrected chi connectivity index (χ2v) is 8.43. The third-order valence-corrected chi connectivity index (χ3v) is 5.00. The molecule has 0 bridgehead atoms. The predicted molar refractivity (Wildman–Crippen MR) is 110 cm³/mol. The van der Waals surface area contributed by atoms with Gasteiger partial charge < -0.3 is 9.52 Å². The smallest absolute Gasteiger partial charge is 0.331 e. The van der Waals surface area contributed by atoms with Crippen LogP contribution in [0.2, 0.25) is 0 Å². The average molecular weight is 377 g/mol. The molecule has 0 aliphatic heterocycles. The lowest BCUT2D eigenvalue weighted by atomic mass is 9.92. The molecule has 0 aromatic carbocycles. The lowest BCUT2D eigenvalue weighted by Crippen LogP contribution is -2.06. The first-order chi connectivity index (χ1) is 12.7. The summed E-state index contributed by atoms with van der Waals surface area (Å²) in [4.78, 5) is 23.2. The topological polar surface area (TPSA) is 67.5 Å². The van der Waals surface area contributed by atoms with Crippen LogP contribution in [0.4, 0.5) is 0 Å². The van der Waals surface area contributed by atoms with Gasteiger partial charge in [0.25, 0.3) is 0 Å². The molecule has 2 atom stereocenters. The van der Waals surface area contributed by atoms with Crippen LogP contribution in [0.15, 0.2) is 22.1 Å². The van der Waals surface area contributed by atoms with Crippen LogP contribution in [0, 0.1) is 17.8 Å². The van der Waals surface area contributed by atoms with E-state index in [1.807, 2.05) is 0 Å². The van der Waals surface area contributed by atoms with Crippen LogP contribution >= 0.6 is 0 Å².